The molecular weight excluding hydrogens is 157 g/mol. The van der Waals surface area contributed by atoms with Crippen LogP contribution in [0.4, 0.5) is 8.78 Å². The molecule has 6 heteroatoms. The van der Waals surface area contributed by atoms with Crippen LogP contribution in [-0.2, 0) is 4.74 Å². The Morgan fingerprint density at radius 3 is 2.36 bits per heavy atom. The maximum absolute atomic E-state index is 12.5. The van der Waals surface area contributed by atoms with E-state index < -0.39 is 24.8 Å². The average molecular weight is 166 g/mol. The molecule has 0 saturated heterocycles. The fourth-order valence-electron chi connectivity index (χ4n) is 1.22. The highest BCUT2D eigenvalue weighted by atomic mass is 19.3. The fraction of sp³-hybridized carbons (Fsp3) is 1.00. The molecular formula is C5H9BF2O3. The van der Waals surface area contributed by atoms with Gasteiger partial charge < -0.3 is 14.8 Å². The number of ether oxygens (including phenoxy) is 1. The SMILES string of the molecule is COC[C@@H]1[C@@H](B(O)O)C1(F)F. The minimum Gasteiger partial charge on any atom is -0.427 e. The normalized spacial score (nSPS) is 33.5. The predicted molar refractivity (Wildman–Crippen MR) is 34.3 cm³/mol. The van der Waals surface area contributed by atoms with Gasteiger partial charge in [-0.2, -0.15) is 0 Å². The van der Waals surface area contributed by atoms with E-state index in [0.29, 0.717) is 0 Å². The molecule has 0 radical (unpaired) electrons. The summed E-state index contributed by atoms with van der Waals surface area (Å²) in [5.74, 6) is -5.35. The summed E-state index contributed by atoms with van der Waals surface area (Å²) in [6.07, 6.45) is 0. The summed E-state index contributed by atoms with van der Waals surface area (Å²) in [7, 11) is -0.639. The molecule has 2 N–H and O–H groups in total. The van der Waals surface area contributed by atoms with Gasteiger partial charge in [0.2, 0.25) is 0 Å². The Morgan fingerprint density at radius 2 is 2.09 bits per heavy atom. The van der Waals surface area contributed by atoms with Gasteiger partial charge in [0.15, 0.2) is 0 Å². The molecule has 64 valence electrons. The highest BCUT2D eigenvalue weighted by Crippen LogP contribution is 2.60. The van der Waals surface area contributed by atoms with Gasteiger partial charge in [-0.05, 0) is 0 Å². The molecule has 1 aliphatic carbocycles. The summed E-state index contributed by atoms with van der Waals surface area (Å²) in [6.45, 7) is -0.130. The lowest BCUT2D eigenvalue weighted by Gasteiger charge is -1.92. The lowest BCUT2D eigenvalue weighted by molar-refractivity contribution is 0.0695. The lowest BCUT2D eigenvalue weighted by Crippen LogP contribution is -2.14. The maximum atomic E-state index is 12.5. The molecule has 0 aromatic rings. The smallest absolute Gasteiger partial charge is 0.427 e. The molecule has 0 aromatic heterocycles. The van der Waals surface area contributed by atoms with Gasteiger partial charge in [0.1, 0.15) is 0 Å². The minimum atomic E-state index is -2.97. The average Bonchev–Trinajstić information content (AvgIpc) is 2.35. The number of hydrogen-bond acceptors (Lipinski definition) is 3. The van der Waals surface area contributed by atoms with Gasteiger partial charge in [0.05, 0.1) is 18.3 Å². The van der Waals surface area contributed by atoms with Gasteiger partial charge in [-0.3, -0.25) is 0 Å². The van der Waals surface area contributed by atoms with Gasteiger partial charge >= 0.3 is 7.12 Å². The largest absolute Gasteiger partial charge is 0.461 e. The Hall–Kier alpha value is -0.195. The number of rotatable bonds is 3. The molecule has 0 heterocycles. The molecule has 1 rings (SSSR count). The van der Waals surface area contributed by atoms with Crippen LogP contribution in [0.25, 0.3) is 0 Å². The monoisotopic (exact) mass is 166 g/mol. The van der Waals surface area contributed by atoms with Crippen molar-refractivity contribution in [2.24, 2.45) is 5.92 Å². The summed E-state index contributed by atoms with van der Waals surface area (Å²) >= 11 is 0. The maximum Gasteiger partial charge on any atom is 0.461 e. The molecule has 2 atom stereocenters. The first-order chi connectivity index (χ1) is 5.01. The molecule has 0 aromatic carbocycles. The van der Waals surface area contributed by atoms with Crippen LogP contribution in [-0.4, -0.2) is 36.8 Å². The fourth-order valence-corrected chi connectivity index (χ4v) is 1.22. The zero-order valence-electron chi connectivity index (χ0n) is 6.00. The standard InChI is InChI=1S/C5H9BF2O3/c1-11-2-3-4(6(9)10)5(3,7)8/h3-4,9-10H,2H2,1H3/t3-,4-/m1/s1. The summed E-state index contributed by atoms with van der Waals surface area (Å²) < 4.78 is 29.5. The van der Waals surface area contributed by atoms with Crippen molar-refractivity contribution in [3.8, 4) is 0 Å². The van der Waals surface area contributed by atoms with Gasteiger partial charge in [-0.15, -0.1) is 0 Å². The van der Waals surface area contributed by atoms with Crippen LogP contribution in [0.3, 0.4) is 0 Å². The van der Waals surface area contributed by atoms with E-state index >= 15 is 0 Å². The van der Waals surface area contributed by atoms with E-state index in [1.54, 1.807) is 0 Å². The number of hydrogen-bond donors (Lipinski definition) is 2. The van der Waals surface area contributed by atoms with Crippen LogP contribution in [0, 0.1) is 5.92 Å². The Kier molecular flexibility index (Phi) is 2.18. The van der Waals surface area contributed by atoms with Gasteiger partial charge in [-0.1, -0.05) is 0 Å². The third-order valence-corrected chi connectivity index (χ3v) is 1.93. The Balaban J connectivity index is 2.47. The van der Waals surface area contributed by atoms with Crippen LogP contribution < -0.4 is 0 Å². The molecule has 0 unspecified atom stereocenters. The molecule has 0 spiro atoms. The van der Waals surface area contributed by atoms with Crippen molar-refractivity contribution >= 4 is 7.12 Å². The van der Waals surface area contributed by atoms with E-state index in [9.17, 15) is 8.78 Å². The third-order valence-electron chi connectivity index (χ3n) is 1.93. The minimum absolute atomic E-state index is 0.130. The van der Waals surface area contributed by atoms with Gasteiger partial charge in [0.25, 0.3) is 5.92 Å². The van der Waals surface area contributed by atoms with Gasteiger partial charge in [-0.25, -0.2) is 8.78 Å². The number of halogens is 2. The van der Waals surface area contributed by atoms with Crippen molar-refractivity contribution in [2.75, 3.05) is 13.7 Å². The van der Waals surface area contributed by atoms with Crippen LogP contribution in [0.15, 0.2) is 0 Å². The highest BCUT2D eigenvalue weighted by Gasteiger charge is 2.72. The predicted octanol–water partition coefficient (Wildman–Crippen LogP) is -0.259. The lowest BCUT2D eigenvalue weighted by atomic mass is 9.82. The summed E-state index contributed by atoms with van der Waals surface area (Å²) in [4.78, 5) is 0. The molecule has 11 heavy (non-hydrogen) atoms. The molecule has 0 bridgehead atoms. The molecule has 0 aliphatic heterocycles. The Morgan fingerprint density at radius 1 is 1.55 bits per heavy atom. The highest BCUT2D eigenvalue weighted by molar-refractivity contribution is 6.45. The van der Waals surface area contributed by atoms with Crippen molar-refractivity contribution in [3.05, 3.63) is 0 Å². The van der Waals surface area contributed by atoms with E-state index in [2.05, 4.69) is 4.74 Å². The van der Waals surface area contributed by atoms with Crippen LogP contribution >= 0.6 is 0 Å². The van der Waals surface area contributed by atoms with Crippen molar-refractivity contribution in [1.82, 2.24) is 0 Å². The second kappa shape index (κ2) is 2.69. The first-order valence-electron chi connectivity index (χ1n) is 3.24. The van der Waals surface area contributed by atoms with Crippen molar-refractivity contribution < 1.29 is 23.6 Å². The Labute approximate surface area is 63.1 Å². The zero-order valence-corrected chi connectivity index (χ0v) is 6.00. The number of methoxy groups -OCH3 is 1. The van der Waals surface area contributed by atoms with E-state index in [0.717, 1.165) is 0 Å². The second-order valence-corrected chi connectivity index (χ2v) is 2.68. The first kappa shape index (κ1) is 8.90. The number of alkyl halides is 2. The van der Waals surface area contributed by atoms with Crippen LogP contribution in [0.1, 0.15) is 0 Å². The van der Waals surface area contributed by atoms with Crippen molar-refractivity contribution in [1.29, 1.82) is 0 Å². The van der Waals surface area contributed by atoms with E-state index in [-0.39, 0.29) is 6.61 Å². The van der Waals surface area contributed by atoms with E-state index in [1.807, 2.05) is 0 Å². The first-order valence-corrected chi connectivity index (χ1v) is 3.24. The molecule has 0 amide bonds. The molecule has 1 fully saturated rings. The zero-order chi connectivity index (χ0) is 8.65. The van der Waals surface area contributed by atoms with Crippen molar-refractivity contribution in [3.63, 3.8) is 0 Å². The molecule has 3 nitrogen and oxygen atoms in total. The van der Waals surface area contributed by atoms with Crippen LogP contribution in [0.2, 0.25) is 5.82 Å². The Bertz CT molecular complexity index is 153. The quantitative estimate of drug-likeness (QED) is 0.567. The third kappa shape index (κ3) is 1.38. The summed E-state index contributed by atoms with van der Waals surface area (Å²) in [5, 5.41) is 16.9. The van der Waals surface area contributed by atoms with E-state index in [1.165, 1.54) is 7.11 Å². The van der Waals surface area contributed by atoms with Crippen LogP contribution in [0.5, 0.6) is 0 Å². The van der Waals surface area contributed by atoms with Gasteiger partial charge in [0, 0.05) is 7.11 Å². The van der Waals surface area contributed by atoms with Crippen molar-refractivity contribution in [2.45, 2.75) is 11.7 Å². The molecule has 1 aliphatic rings. The summed E-state index contributed by atoms with van der Waals surface area (Å²) in [6, 6.07) is 0. The molecule has 1 saturated carbocycles. The summed E-state index contributed by atoms with van der Waals surface area (Å²) in [5.41, 5.74) is 0. The topological polar surface area (TPSA) is 49.7 Å². The van der Waals surface area contributed by atoms with E-state index in [4.69, 9.17) is 10.0 Å². The second-order valence-electron chi connectivity index (χ2n) is 2.68.